The average Bonchev–Trinajstić information content (AvgIpc) is 2.11. The van der Waals surface area contributed by atoms with E-state index in [2.05, 4.69) is 9.97 Å². The summed E-state index contributed by atoms with van der Waals surface area (Å²) >= 11 is -1.72. The maximum absolute atomic E-state index is 4.94. The molecular weight excluding hydrogens is 233 g/mol. The number of hydrogen-bond donors (Lipinski definition) is 1. The van der Waals surface area contributed by atoms with Crippen LogP contribution < -0.4 is 0 Å². The molecule has 0 saturated carbocycles. The summed E-state index contributed by atoms with van der Waals surface area (Å²) in [5.41, 5.74) is 0. The van der Waals surface area contributed by atoms with Gasteiger partial charge in [-0.15, -0.1) is 12.4 Å². The Morgan fingerprint density at radius 2 is 1.80 bits per heavy atom. The van der Waals surface area contributed by atoms with Crippen molar-refractivity contribution in [2.75, 3.05) is 0 Å². The lowest BCUT2D eigenvalue weighted by atomic mass is 11.0. The van der Waals surface area contributed by atoms with Crippen LogP contribution in [-0.2, 0) is 0 Å². The van der Waals surface area contributed by atoms with Crippen molar-refractivity contribution in [2.24, 2.45) is 0 Å². The molecule has 2 nitrogen and oxygen atoms in total. The lowest BCUT2D eigenvalue weighted by molar-refractivity contribution is 1.31. The second-order valence-corrected chi connectivity index (χ2v) is 7.44. The molecule has 0 radical (unpaired) electrons. The summed E-state index contributed by atoms with van der Waals surface area (Å²) in [4.78, 5) is 6.42. The Morgan fingerprint density at radius 3 is 1.90 bits per heavy atom. The van der Waals surface area contributed by atoms with Crippen LogP contribution in [0.3, 0.4) is 0 Å². The summed E-state index contributed by atoms with van der Waals surface area (Å²) in [6.07, 6.45) is 5.08. The zero-order valence-corrected chi connectivity index (χ0v) is 9.04. The monoisotopic (exact) mass is 236 g/mol. The van der Waals surface area contributed by atoms with Crippen molar-refractivity contribution >= 4 is 53.9 Å². The standard InChI is InChI=1S/C3H4N2.Al.4ClH/c1-2-5-3-4-1;;;;;/h1-3H,(H,4,5);;4*1H/q;+3;;;;/p-3. The zero-order valence-electron chi connectivity index (χ0n) is 4.80. The largest absolute Gasteiger partial charge is 0.643 e. The van der Waals surface area contributed by atoms with Crippen LogP contribution in [0.15, 0.2) is 18.7 Å². The molecule has 1 rings (SSSR count). The topological polar surface area (TPSA) is 28.7 Å². The fourth-order valence-corrected chi connectivity index (χ4v) is 0.215. The van der Waals surface area contributed by atoms with Crippen molar-refractivity contribution < 1.29 is 0 Å². The Kier molecular flexibility index (Phi) is 13.4. The van der Waals surface area contributed by atoms with Crippen LogP contribution in [-0.4, -0.2) is 21.4 Å². The van der Waals surface area contributed by atoms with Crippen molar-refractivity contribution in [1.29, 1.82) is 0 Å². The SMILES string of the molecule is Cl.[Cl][Al]([Cl])[Cl].c1c[nH]cn1. The van der Waals surface area contributed by atoms with Crippen LogP contribution >= 0.6 is 42.6 Å². The molecule has 10 heavy (non-hydrogen) atoms. The third-order valence-corrected chi connectivity index (χ3v) is 0.406. The molecule has 0 aliphatic carbocycles. The summed E-state index contributed by atoms with van der Waals surface area (Å²) in [6, 6.07) is 0. The van der Waals surface area contributed by atoms with Crippen LogP contribution in [0.4, 0.5) is 0 Å². The maximum atomic E-state index is 4.94. The molecule has 0 atom stereocenters. The number of imidazole rings is 1. The number of nitrogens with one attached hydrogen (secondary N) is 1. The van der Waals surface area contributed by atoms with Crippen molar-refractivity contribution in [3.8, 4) is 0 Å². The minimum Gasteiger partial charge on any atom is -0.351 e. The molecule has 0 bridgehead atoms. The van der Waals surface area contributed by atoms with Gasteiger partial charge in [-0.25, -0.2) is 35.1 Å². The number of nitrogens with zero attached hydrogens (tertiary/aromatic N) is 1. The smallest absolute Gasteiger partial charge is 0.351 e. The highest BCUT2D eigenvalue weighted by molar-refractivity contribution is 7.54. The second kappa shape index (κ2) is 9.90. The lowest BCUT2D eigenvalue weighted by Crippen LogP contribution is -1.66. The van der Waals surface area contributed by atoms with Crippen LogP contribution in [0, 0.1) is 0 Å². The van der Waals surface area contributed by atoms with Crippen LogP contribution in [0.5, 0.6) is 0 Å². The molecule has 0 spiro atoms. The summed E-state index contributed by atoms with van der Waals surface area (Å²) in [7, 11) is 14.8. The second-order valence-electron chi connectivity index (χ2n) is 1.01. The predicted octanol–water partition coefficient (Wildman–Crippen LogP) is 2.52. The van der Waals surface area contributed by atoms with Gasteiger partial charge in [0, 0.05) is 12.4 Å². The summed E-state index contributed by atoms with van der Waals surface area (Å²) in [6.45, 7) is 0. The van der Waals surface area contributed by atoms with E-state index in [1.54, 1.807) is 18.7 Å². The van der Waals surface area contributed by atoms with Gasteiger partial charge in [-0.1, -0.05) is 0 Å². The van der Waals surface area contributed by atoms with E-state index in [4.69, 9.17) is 30.1 Å². The molecule has 0 saturated heterocycles. The Labute approximate surface area is 82.3 Å². The Morgan fingerprint density at radius 1 is 1.30 bits per heavy atom. The number of H-pyrrole nitrogens is 1. The highest BCUT2D eigenvalue weighted by Gasteiger charge is 2.00. The highest BCUT2D eigenvalue weighted by atomic mass is 35.8. The van der Waals surface area contributed by atoms with Gasteiger partial charge in [0.1, 0.15) is 0 Å². The van der Waals surface area contributed by atoms with Gasteiger partial charge in [0.2, 0.25) is 0 Å². The molecule has 1 aromatic rings. The quantitative estimate of drug-likeness (QED) is 0.691. The molecule has 7 heteroatoms. The van der Waals surface area contributed by atoms with Crippen LogP contribution in [0.25, 0.3) is 0 Å². The minimum absolute atomic E-state index is 0. The van der Waals surface area contributed by atoms with Crippen LogP contribution in [0.2, 0.25) is 0 Å². The first-order chi connectivity index (χ1) is 4.23. The van der Waals surface area contributed by atoms with Crippen molar-refractivity contribution in [3.63, 3.8) is 0 Å². The summed E-state index contributed by atoms with van der Waals surface area (Å²) in [5, 5.41) is 0. The van der Waals surface area contributed by atoms with Gasteiger partial charge in [0.05, 0.1) is 6.33 Å². The van der Waals surface area contributed by atoms with E-state index in [0.29, 0.717) is 0 Å². The highest BCUT2D eigenvalue weighted by Crippen LogP contribution is 1.97. The van der Waals surface area contributed by atoms with E-state index in [-0.39, 0.29) is 12.4 Å². The third-order valence-electron chi connectivity index (χ3n) is 0.406. The fourth-order valence-electron chi connectivity index (χ4n) is 0.215. The van der Waals surface area contributed by atoms with Gasteiger partial charge in [-0.2, -0.15) is 0 Å². The van der Waals surface area contributed by atoms with Crippen LogP contribution in [0.1, 0.15) is 0 Å². The van der Waals surface area contributed by atoms with Gasteiger partial charge in [0.15, 0.2) is 0 Å². The van der Waals surface area contributed by atoms with E-state index >= 15 is 0 Å². The lowest BCUT2D eigenvalue weighted by Gasteiger charge is -1.57. The van der Waals surface area contributed by atoms with Gasteiger partial charge in [0.25, 0.3) is 0 Å². The summed E-state index contributed by atoms with van der Waals surface area (Å²) in [5.74, 6) is 0. The molecule has 0 amide bonds. The molecular formula is C3H5AlCl4N2. The normalized spacial score (nSPS) is 6.70. The van der Waals surface area contributed by atoms with Gasteiger partial charge in [-0.05, 0) is 0 Å². The van der Waals surface area contributed by atoms with E-state index in [1.807, 2.05) is 0 Å². The van der Waals surface area contributed by atoms with E-state index in [1.165, 1.54) is 0 Å². The minimum atomic E-state index is -1.72. The predicted molar refractivity (Wildman–Crippen MR) is 49.1 cm³/mol. The molecule has 0 aliphatic rings. The number of halogens is 4. The Balaban J connectivity index is 0. The molecule has 0 aromatic carbocycles. The van der Waals surface area contributed by atoms with E-state index in [0.717, 1.165) is 0 Å². The van der Waals surface area contributed by atoms with Gasteiger partial charge >= 0.3 is 11.4 Å². The number of hydrogen-bond acceptors (Lipinski definition) is 1. The van der Waals surface area contributed by atoms with Gasteiger partial charge in [-0.3, -0.25) is 0 Å². The molecule has 0 aliphatic heterocycles. The van der Waals surface area contributed by atoms with Crippen molar-refractivity contribution in [3.05, 3.63) is 18.7 Å². The number of rotatable bonds is 0. The summed E-state index contributed by atoms with van der Waals surface area (Å²) < 4.78 is 0. The molecule has 58 valence electrons. The maximum Gasteiger partial charge on any atom is 0.643 e. The molecule has 1 aromatic heterocycles. The Bertz CT molecular complexity index is 102. The molecule has 0 unspecified atom stereocenters. The third kappa shape index (κ3) is 16.0. The van der Waals surface area contributed by atoms with Crippen molar-refractivity contribution in [1.82, 2.24) is 9.97 Å². The number of aromatic nitrogens is 2. The first-order valence-electron chi connectivity index (χ1n) is 2.08. The molecule has 0 fully saturated rings. The average molecular weight is 238 g/mol. The first-order valence-corrected chi connectivity index (χ1v) is 7.32. The van der Waals surface area contributed by atoms with Crippen molar-refractivity contribution in [2.45, 2.75) is 0 Å². The van der Waals surface area contributed by atoms with Gasteiger partial charge < -0.3 is 4.98 Å². The van der Waals surface area contributed by atoms with E-state index < -0.39 is 11.4 Å². The Hall–Kier alpha value is 0.902. The molecule has 1 heterocycles. The molecule has 1 N–H and O–H groups in total. The fraction of sp³-hybridized carbons (Fsp3) is 0. The number of aromatic amines is 1. The van der Waals surface area contributed by atoms with E-state index in [9.17, 15) is 0 Å². The first kappa shape index (κ1) is 13.5. The zero-order chi connectivity index (χ0) is 7.11.